The highest BCUT2D eigenvalue weighted by molar-refractivity contribution is 4.88. The van der Waals surface area contributed by atoms with Gasteiger partial charge in [-0.25, -0.2) is 0 Å². The minimum atomic E-state index is -0.0475. The van der Waals surface area contributed by atoms with Crippen molar-refractivity contribution in [3.63, 3.8) is 0 Å². The maximum absolute atomic E-state index is 9.14. The minimum absolute atomic E-state index is 0.0475. The van der Waals surface area contributed by atoms with Crippen molar-refractivity contribution in [3.05, 3.63) is 0 Å². The van der Waals surface area contributed by atoms with E-state index in [9.17, 15) is 0 Å². The Balaban J connectivity index is 2.11. The molecular weight excluding hydrogens is 104 g/mol. The Morgan fingerprint density at radius 2 is 2.25 bits per heavy atom. The zero-order valence-electron chi connectivity index (χ0n) is 4.71. The highest BCUT2D eigenvalue weighted by atomic mass is 16.5. The summed E-state index contributed by atoms with van der Waals surface area (Å²) in [4.78, 5) is 0. The van der Waals surface area contributed by atoms with Gasteiger partial charge in [0.15, 0.2) is 0 Å². The van der Waals surface area contributed by atoms with Crippen LogP contribution in [0.3, 0.4) is 0 Å². The third kappa shape index (κ3) is 0.501. The van der Waals surface area contributed by atoms with Gasteiger partial charge in [-0.05, 0) is 12.8 Å². The van der Waals surface area contributed by atoms with Crippen LogP contribution in [0.4, 0.5) is 0 Å². The minimum Gasteiger partial charge on any atom is -0.393 e. The lowest BCUT2D eigenvalue weighted by molar-refractivity contribution is 0.00591. The molecule has 1 saturated carbocycles. The molecule has 1 aliphatic carbocycles. The molecule has 2 aliphatic rings. The Bertz CT molecular complexity index is 101. The van der Waals surface area contributed by atoms with Gasteiger partial charge in [-0.15, -0.1) is 0 Å². The van der Waals surface area contributed by atoms with E-state index >= 15 is 0 Å². The summed E-state index contributed by atoms with van der Waals surface area (Å²) in [6.07, 6.45) is 2.33. The number of fused-ring (bicyclic) bond motifs is 2. The second kappa shape index (κ2) is 1.45. The average molecular weight is 114 g/mol. The summed E-state index contributed by atoms with van der Waals surface area (Å²) in [6, 6.07) is 0. The molecule has 1 heterocycles. The Hall–Kier alpha value is -0.0800. The molecule has 46 valence electrons. The van der Waals surface area contributed by atoms with Crippen LogP contribution in [0, 0.1) is 5.92 Å². The van der Waals surface area contributed by atoms with Gasteiger partial charge in [-0.3, -0.25) is 0 Å². The second-order valence-corrected chi connectivity index (χ2v) is 2.75. The molecule has 1 saturated heterocycles. The van der Waals surface area contributed by atoms with Crippen molar-refractivity contribution in [1.29, 1.82) is 0 Å². The molecule has 2 heteroatoms. The number of aliphatic hydroxyl groups is 1. The van der Waals surface area contributed by atoms with Crippen molar-refractivity contribution in [2.75, 3.05) is 6.61 Å². The number of hydrogen-bond donors (Lipinski definition) is 1. The van der Waals surface area contributed by atoms with Gasteiger partial charge < -0.3 is 9.84 Å². The van der Waals surface area contributed by atoms with E-state index in [1.807, 2.05) is 0 Å². The molecule has 2 fully saturated rings. The SMILES string of the molecule is O[C@H]1C[C@H]2C[C@@H]1CO2. The zero-order valence-corrected chi connectivity index (χ0v) is 4.71. The van der Waals surface area contributed by atoms with Gasteiger partial charge in [0.2, 0.25) is 0 Å². The Kier molecular flexibility index (Phi) is 0.866. The zero-order chi connectivity index (χ0) is 5.56. The predicted molar refractivity (Wildman–Crippen MR) is 28.5 cm³/mol. The molecule has 2 nitrogen and oxygen atoms in total. The Labute approximate surface area is 48.5 Å². The molecule has 0 aromatic heterocycles. The van der Waals surface area contributed by atoms with Crippen LogP contribution in [0.5, 0.6) is 0 Å². The number of ether oxygens (including phenoxy) is 1. The quantitative estimate of drug-likeness (QED) is 0.486. The third-order valence-electron chi connectivity index (χ3n) is 2.16. The molecule has 1 N–H and O–H groups in total. The summed E-state index contributed by atoms with van der Waals surface area (Å²) in [5.41, 5.74) is 0. The van der Waals surface area contributed by atoms with Crippen LogP contribution in [-0.2, 0) is 4.74 Å². The van der Waals surface area contributed by atoms with Crippen LogP contribution >= 0.6 is 0 Å². The molecule has 0 aromatic carbocycles. The van der Waals surface area contributed by atoms with Gasteiger partial charge >= 0.3 is 0 Å². The Morgan fingerprint density at radius 1 is 1.38 bits per heavy atom. The summed E-state index contributed by atoms with van der Waals surface area (Å²) in [5, 5.41) is 9.14. The van der Waals surface area contributed by atoms with E-state index in [1.165, 1.54) is 0 Å². The molecule has 0 radical (unpaired) electrons. The molecule has 0 spiro atoms. The van der Waals surface area contributed by atoms with E-state index in [1.54, 1.807) is 0 Å². The highest BCUT2D eigenvalue weighted by Crippen LogP contribution is 2.34. The van der Waals surface area contributed by atoms with E-state index in [-0.39, 0.29) is 6.10 Å². The van der Waals surface area contributed by atoms with Crippen molar-refractivity contribution in [2.24, 2.45) is 5.92 Å². The molecule has 8 heavy (non-hydrogen) atoms. The van der Waals surface area contributed by atoms with Crippen molar-refractivity contribution in [3.8, 4) is 0 Å². The van der Waals surface area contributed by atoms with Gasteiger partial charge in [-0.1, -0.05) is 0 Å². The van der Waals surface area contributed by atoms with Crippen LogP contribution in [0.1, 0.15) is 12.8 Å². The topological polar surface area (TPSA) is 29.5 Å². The fraction of sp³-hybridized carbons (Fsp3) is 1.00. The second-order valence-electron chi connectivity index (χ2n) is 2.75. The number of rotatable bonds is 0. The molecular formula is C6H10O2. The monoisotopic (exact) mass is 114 g/mol. The van der Waals surface area contributed by atoms with Gasteiger partial charge in [0.25, 0.3) is 0 Å². The maximum atomic E-state index is 9.14. The van der Waals surface area contributed by atoms with Crippen molar-refractivity contribution in [2.45, 2.75) is 25.0 Å². The molecule has 0 amide bonds. The average Bonchev–Trinajstić information content (AvgIpc) is 2.23. The molecule has 0 aromatic rings. The van der Waals surface area contributed by atoms with Crippen LogP contribution < -0.4 is 0 Å². The number of hydrogen-bond acceptors (Lipinski definition) is 2. The maximum Gasteiger partial charge on any atom is 0.0616 e. The molecule has 2 rings (SSSR count). The van der Waals surface area contributed by atoms with Crippen LogP contribution in [-0.4, -0.2) is 23.9 Å². The summed E-state index contributed by atoms with van der Waals surface area (Å²) in [7, 11) is 0. The summed E-state index contributed by atoms with van der Waals surface area (Å²) >= 11 is 0. The lowest BCUT2D eigenvalue weighted by atomic mass is 10.1. The predicted octanol–water partition coefficient (Wildman–Crippen LogP) is 0.156. The lowest BCUT2D eigenvalue weighted by Crippen LogP contribution is -2.21. The molecule has 0 unspecified atom stereocenters. The largest absolute Gasteiger partial charge is 0.393 e. The molecule has 2 bridgehead atoms. The first-order valence-electron chi connectivity index (χ1n) is 3.16. The summed E-state index contributed by atoms with van der Waals surface area (Å²) < 4.78 is 5.26. The standard InChI is InChI=1S/C6H10O2/c7-6-2-5-1-4(6)3-8-5/h4-7H,1-3H2/t4-,5-,6+/m1/s1. The normalized spacial score (nSPS) is 52.9. The van der Waals surface area contributed by atoms with Gasteiger partial charge in [0, 0.05) is 5.92 Å². The summed E-state index contributed by atoms with van der Waals surface area (Å²) in [6.45, 7) is 0.797. The molecule has 3 atom stereocenters. The fourth-order valence-electron chi connectivity index (χ4n) is 1.63. The third-order valence-corrected chi connectivity index (χ3v) is 2.16. The number of aliphatic hydroxyl groups excluding tert-OH is 1. The van der Waals surface area contributed by atoms with E-state index in [0.29, 0.717) is 12.0 Å². The van der Waals surface area contributed by atoms with E-state index in [4.69, 9.17) is 9.84 Å². The van der Waals surface area contributed by atoms with E-state index in [2.05, 4.69) is 0 Å². The summed E-state index contributed by atoms with van der Waals surface area (Å²) in [5.74, 6) is 0.472. The van der Waals surface area contributed by atoms with Gasteiger partial charge in [-0.2, -0.15) is 0 Å². The molecule has 1 aliphatic heterocycles. The van der Waals surface area contributed by atoms with Crippen LogP contribution in [0.25, 0.3) is 0 Å². The van der Waals surface area contributed by atoms with Crippen LogP contribution in [0.2, 0.25) is 0 Å². The van der Waals surface area contributed by atoms with Gasteiger partial charge in [0.05, 0.1) is 18.8 Å². The first-order chi connectivity index (χ1) is 3.86. The Morgan fingerprint density at radius 3 is 2.50 bits per heavy atom. The van der Waals surface area contributed by atoms with Crippen LogP contribution in [0.15, 0.2) is 0 Å². The van der Waals surface area contributed by atoms with Gasteiger partial charge in [0.1, 0.15) is 0 Å². The van der Waals surface area contributed by atoms with Crippen molar-refractivity contribution >= 4 is 0 Å². The fourth-order valence-corrected chi connectivity index (χ4v) is 1.63. The van der Waals surface area contributed by atoms with E-state index < -0.39 is 0 Å². The van der Waals surface area contributed by atoms with Crippen molar-refractivity contribution in [1.82, 2.24) is 0 Å². The lowest BCUT2D eigenvalue weighted by Gasteiger charge is -2.15. The first-order valence-corrected chi connectivity index (χ1v) is 3.16. The van der Waals surface area contributed by atoms with Crippen molar-refractivity contribution < 1.29 is 9.84 Å². The first kappa shape index (κ1) is 4.77. The highest BCUT2D eigenvalue weighted by Gasteiger charge is 2.39. The smallest absolute Gasteiger partial charge is 0.0616 e. The van der Waals surface area contributed by atoms with E-state index in [0.717, 1.165) is 19.4 Å².